The van der Waals surface area contributed by atoms with Crippen molar-refractivity contribution in [1.29, 1.82) is 0 Å². The van der Waals surface area contributed by atoms with E-state index in [0.29, 0.717) is 19.3 Å². The lowest BCUT2D eigenvalue weighted by Gasteiger charge is -2.19. The van der Waals surface area contributed by atoms with Crippen molar-refractivity contribution in [3.8, 4) is 0 Å². The molecule has 1 unspecified atom stereocenters. The molecule has 4 aromatic carbocycles. The maximum atomic E-state index is 12.4. The van der Waals surface area contributed by atoms with Gasteiger partial charge in [0, 0.05) is 12.8 Å². The number of fused-ring (bicyclic) bond motifs is 2. The SMILES string of the molecule is CC(C)(C)OC(=O)CCCCCCCI.COC(=O)C(CCCCCCCC(=O)OC(C)(C)C)c1cccc2ccccc12.COC(=O)Cc1cccc2ccccc12. The minimum atomic E-state index is -0.415. The molecule has 0 bridgehead atoms. The summed E-state index contributed by atoms with van der Waals surface area (Å²) in [5, 5.41) is 4.52. The number of esters is 4. The monoisotopic (exact) mass is 924 g/mol. The van der Waals surface area contributed by atoms with Crippen LogP contribution in [0.5, 0.6) is 0 Å². The molecule has 324 valence electrons. The van der Waals surface area contributed by atoms with Crippen molar-refractivity contribution in [3.05, 3.63) is 96.1 Å². The third-order valence-electron chi connectivity index (χ3n) is 9.36. The van der Waals surface area contributed by atoms with Gasteiger partial charge in [-0.05, 0) is 104 Å². The van der Waals surface area contributed by atoms with Gasteiger partial charge in [0.25, 0.3) is 0 Å². The van der Waals surface area contributed by atoms with Gasteiger partial charge in [-0.2, -0.15) is 0 Å². The number of hydrogen-bond acceptors (Lipinski definition) is 8. The first-order valence-electron chi connectivity index (χ1n) is 21.2. The molecule has 0 aliphatic rings. The molecule has 0 fully saturated rings. The van der Waals surface area contributed by atoms with E-state index in [1.165, 1.54) is 37.9 Å². The van der Waals surface area contributed by atoms with Crippen LogP contribution in [0, 0.1) is 0 Å². The van der Waals surface area contributed by atoms with E-state index in [1.807, 2.05) is 108 Å². The van der Waals surface area contributed by atoms with E-state index in [-0.39, 0.29) is 35.4 Å². The highest BCUT2D eigenvalue weighted by Gasteiger charge is 2.23. The summed E-state index contributed by atoms with van der Waals surface area (Å²) in [6, 6.07) is 28.2. The second kappa shape index (κ2) is 27.7. The molecule has 0 aliphatic heterocycles. The van der Waals surface area contributed by atoms with E-state index in [9.17, 15) is 19.2 Å². The Kier molecular flexibility index (Phi) is 24.0. The standard InChI is InChI=1S/C25H34O4.C13H12O2.C12H23IO2/c1-25(2,3)29-23(26)18-9-7-5-6-8-16-22(24(27)28-4)21-17-12-14-19-13-10-11-15-20(19)21;1-15-13(14)9-11-7-4-6-10-5-2-3-8-12(10)11;1-12(2,3)15-11(14)9-7-5-4-6-8-10-13/h10-15,17,22H,5-9,16,18H2,1-4H3;2-8H,9H2,1H3;4-10H2,1-3H3. The second-order valence-electron chi connectivity index (χ2n) is 16.7. The smallest absolute Gasteiger partial charge is 0.313 e. The zero-order valence-electron chi connectivity index (χ0n) is 36.9. The highest BCUT2D eigenvalue weighted by atomic mass is 127. The number of halogens is 1. The van der Waals surface area contributed by atoms with E-state index >= 15 is 0 Å². The van der Waals surface area contributed by atoms with E-state index in [4.69, 9.17) is 14.2 Å². The Labute approximate surface area is 367 Å². The Morgan fingerprint density at radius 2 is 0.983 bits per heavy atom. The molecule has 1 atom stereocenters. The second-order valence-corrected chi connectivity index (χ2v) is 17.8. The Morgan fingerprint density at radius 1 is 0.525 bits per heavy atom. The number of benzene rings is 4. The van der Waals surface area contributed by atoms with Gasteiger partial charge >= 0.3 is 23.9 Å². The average Bonchev–Trinajstić information content (AvgIpc) is 3.19. The molecule has 0 aliphatic carbocycles. The van der Waals surface area contributed by atoms with Crippen LogP contribution in [0.3, 0.4) is 0 Å². The van der Waals surface area contributed by atoms with Gasteiger partial charge < -0.3 is 18.9 Å². The number of carbonyl (C=O) groups excluding carboxylic acids is 4. The summed E-state index contributed by atoms with van der Waals surface area (Å²) in [6.45, 7) is 11.4. The summed E-state index contributed by atoms with van der Waals surface area (Å²) < 4.78 is 21.5. The normalized spacial score (nSPS) is 11.7. The highest BCUT2D eigenvalue weighted by Crippen LogP contribution is 2.31. The maximum Gasteiger partial charge on any atom is 0.313 e. The number of unbranched alkanes of at least 4 members (excludes halogenated alkanes) is 8. The lowest BCUT2D eigenvalue weighted by molar-refractivity contribution is -0.156. The number of rotatable bonds is 19. The van der Waals surface area contributed by atoms with Crippen LogP contribution in [0.15, 0.2) is 84.9 Å². The van der Waals surface area contributed by atoms with Crippen molar-refractivity contribution in [1.82, 2.24) is 0 Å². The van der Waals surface area contributed by atoms with Crippen LogP contribution in [0.1, 0.15) is 142 Å². The molecule has 0 spiro atoms. The molecule has 0 radical (unpaired) electrons. The Hall–Kier alpha value is -3.99. The molecule has 0 N–H and O–H groups in total. The number of carbonyl (C=O) groups is 4. The molecule has 4 rings (SSSR count). The molecule has 0 aromatic heterocycles. The third kappa shape index (κ3) is 21.7. The van der Waals surface area contributed by atoms with Gasteiger partial charge in [0.2, 0.25) is 0 Å². The van der Waals surface area contributed by atoms with E-state index < -0.39 is 5.60 Å². The fourth-order valence-electron chi connectivity index (χ4n) is 6.60. The van der Waals surface area contributed by atoms with Gasteiger partial charge in [0.15, 0.2) is 0 Å². The van der Waals surface area contributed by atoms with Gasteiger partial charge in [0.05, 0.1) is 26.6 Å². The summed E-state index contributed by atoms with van der Waals surface area (Å²) >= 11 is 2.40. The van der Waals surface area contributed by atoms with Crippen LogP contribution >= 0.6 is 22.6 Å². The predicted molar refractivity (Wildman–Crippen MR) is 249 cm³/mol. The molecular formula is C50H69IO8. The van der Waals surface area contributed by atoms with Crippen molar-refractivity contribution >= 4 is 68.0 Å². The Balaban J connectivity index is 0.000000336. The molecule has 0 heterocycles. The summed E-state index contributed by atoms with van der Waals surface area (Å²) in [7, 11) is 2.87. The van der Waals surface area contributed by atoms with Gasteiger partial charge in [-0.1, -0.05) is 152 Å². The van der Waals surface area contributed by atoms with Crippen LogP contribution < -0.4 is 0 Å². The number of hydrogen-bond donors (Lipinski definition) is 0. The number of alkyl halides is 1. The summed E-state index contributed by atoms with van der Waals surface area (Å²) in [5.41, 5.74) is 1.31. The van der Waals surface area contributed by atoms with Gasteiger partial charge in [-0.15, -0.1) is 0 Å². The zero-order valence-corrected chi connectivity index (χ0v) is 39.1. The largest absolute Gasteiger partial charge is 0.469 e. The number of ether oxygens (including phenoxy) is 4. The molecule has 4 aromatic rings. The quantitative estimate of drug-likeness (QED) is 0.0301. The molecular weight excluding hydrogens is 855 g/mol. The molecule has 9 heteroatoms. The first-order valence-corrected chi connectivity index (χ1v) is 22.7. The van der Waals surface area contributed by atoms with Crippen molar-refractivity contribution in [3.63, 3.8) is 0 Å². The van der Waals surface area contributed by atoms with Gasteiger partial charge in [-0.3, -0.25) is 19.2 Å². The van der Waals surface area contributed by atoms with Crippen LogP contribution in [0.2, 0.25) is 0 Å². The number of methoxy groups -OCH3 is 2. The van der Waals surface area contributed by atoms with Gasteiger partial charge in [-0.25, -0.2) is 0 Å². The molecule has 59 heavy (non-hydrogen) atoms. The van der Waals surface area contributed by atoms with Crippen molar-refractivity contribution in [2.45, 2.75) is 149 Å². The molecule has 0 saturated heterocycles. The first-order chi connectivity index (χ1) is 28.1. The summed E-state index contributed by atoms with van der Waals surface area (Å²) in [6.07, 6.45) is 13.0. The van der Waals surface area contributed by atoms with Crippen LogP contribution in [0.25, 0.3) is 21.5 Å². The van der Waals surface area contributed by atoms with Crippen molar-refractivity contribution in [2.24, 2.45) is 0 Å². The fourth-order valence-corrected chi connectivity index (χ4v) is 7.14. The Morgan fingerprint density at radius 3 is 1.51 bits per heavy atom. The maximum absolute atomic E-state index is 12.4. The van der Waals surface area contributed by atoms with E-state index in [2.05, 4.69) is 45.5 Å². The Bertz CT molecular complexity index is 1840. The van der Waals surface area contributed by atoms with Crippen molar-refractivity contribution in [2.75, 3.05) is 18.6 Å². The van der Waals surface area contributed by atoms with Crippen LogP contribution in [-0.4, -0.2) is 53.7 Å². The lowest BCUT2D eigenvalue weighted by atomic mass is 9.89. The molecule has 8 nitrogen and oxygen atoms in total. The molecule has 0 amide bonds. The first kappa shape index (κ1) is 51.2. The van der Waals surface area contributed by atoms with Crippen molar-refractivity contribution < 1.29 is 38.1 Å². The predicted octanol–water partition coefficient (Wildman–Crippen LogP) is 12.8. The van der Waals surface area contributed by atoms with Gasteiger partial charge in [0.1, 0.15) is 11.2 Å². The minimum absolute atomic E-state index is 0.0589. The fraction of sp³-hybridized carbons (Fsp3) is 0.520. The minimum Gasteiger partial charge on any atom is -0.469 e. The zero-order chi connectivity index (χ0) is 43.7. The summed E-state index contributed by atoms with van der Waals surface area (Å²) in [4.78, 5) is 46.7. The average molecular weight is 925 g/mol. The highest BCUT2D eigenvalue weighted by molar-refractivity contribution is 14.1. The van der Waals surface area contributed by atoms with E-state index in [0.717, 1.165) is 84.0 Å². The topological polar surface area (TPSA) is 105 Å². The van der Waals surface area contributed by atoms with Crippen LogP contribution in [-0.2, 0) is 44.5 Å². The molecule has 0 saturated carbocycles. The van der Waals surface area contributed by atoms with Crippen LogP contribution in [0.4, 0.5) is 0 Å². The third-order valence-corrected chi connectivity index (χ3v) is 10.1. The lowest BCUT2D eigenvalue weighted by Crippen LogP contribution is -2.23. The summed E-state index contributed by atoms with van der Waals surface area (Å²) in [5.74, 6) is -0.805. The van der Waals surface area contributed by atoms with E-state index in [1.54, 1.807) is 0 Å².